The number of carbonyl (C=O) groups is 1. The number of carbonyl (C=O) groups excluding carboxylic acids is 1. The van der Waals surface area contributed by atoms with Gasteiger partial charge in [-0.15, -0.1) is 0 Å². The Kier molecular flexibility index (Phi) is 6.62. The molecule has 1 nitrogen and oxygen atoms in total. The zero-order chi connectivity index (χ0) is 21.6. The molecule has 0 fully saturated rings. The minimum atomic E-state index is 0.319. The van der Waals surface area contributed by atoms with Gasteiger partial charge in [0.05, 0.1) is 0 Å². The summed E-state index contributed by atoms with van der Waals surface area (Å²) in [5.41, 5.74) is 8.95. The van der Waals surface area contributed by atoms with Gasteiger partial charge in [-0.2, -0.15) is 0 Å². The van der Waals surface area contributed by atoms with E-state index < -0.39 is 0 Å². The van der Waals surface area contributed by atoms with Crippen molar-refractivity contribution in [1.29, 1.82) is 0 Å². The number of ketones is 1. The molecule has 1 aliphatic carbocycles. The lowest BCUT2D eigenvalue weighted by Gasteiger charge is -2.20. The Morgan fingerprint density at radius 3 is 2.26 bits per heavy atom. The van der Waals surface area contributed by atoms with Gasteiger partial charge in [0.25, 0.3) is 0 Å². The Morgan fingerprint density at radius 1 is 0.839 bits per heavy atom. The molecule has 0 aliphatic heterocycles. The highest BCUT2D eigenvalue weighted by Gasteiger charge is 2.25. The number of Topliss-reactive ketones (excluding diaryl/α,β-unsaturated/α-hetero) is 1. The van der Waals surface area contributed by atoms with Crippen LogP contribution in [-0.4, -0.2) is 5.78 Å². The molecule has 0 N–H and O–H groups in total. The number of rotatable bonds is 8. The maximum Gasteiger partial charge on any atom is 0.137 e. The Morgan fingerprint density at radius 2 is 1.55 bits per heavy atom. The predicted octanol–water partition coefficient (Wildman–Crippen LogP) is 7.08. The van der Waals surface area contributed by atoms with E-state index in [1.54, 1.807) is 0 Å². The van der Waals surface area contributed by atoms with E-state index in [9.17, 15) is 4.79 Å². The topological polar surface area (TPSA) is 17.1 Å². The van der Waals surface area contributed by atoms with Crippen LogP contribution in [0.3, 0.4) is 0 Å². The van der Waals surface area contributed by atoms with Crippen LogP contribution in [-0.2, 0) is 17.6 Å². The molecule has 0 spiro atoms. The maximum atomic E-state index is 12.8. The van der Waals surface area contributed by atoms with Gasteiger partial charge in [-0.25, -0.2) is 0 Å². The molecular weight excluding hydrogens is 376 g/mol. The third kappa shape index (κ3) is 5.30. The SMILES string of the molecule is Cc1ccc(CC(=O)CCC2=CC=C(c3ccccc3)C2Cc2ccccc2)c(C)c1. The zero-order valence-electron chi connectivity index (χ0n) is 18.5. The van der Waals surface area contributed by atoms with E-state index in [1.165, 1.54) is 33.4 Å². The number of aryl methyl sites for hydroxylation is 2. The standard InChI is InChI=1S/C30H30O/c1-22-13-14-27(23(2)19-22)21-28(31)17-15-26-16-18-29(25-11-7-4-8-12-25)30(26)20-24-9-5-3-6-10-24/h3-14,16,18-19,30H,15,17,20-21H2,1-2H3. The fourth-order valence-corrected chi connectivity index (χ4v) is 4.53. The lowest BCUT2D eigenvalue weighted by Crippen LogP contribution is -2.11. The van der Waals surface area contributed by atoms with Crippen LogP contribution in [0, 0.1) is 19.8 Å². The molecular formula is C30H30O. The van der Waals surface area contributed by atoms with Crippen molar-refractivity contribution in [2.45, 2.75) is 39.5 Å². The van der Waals surface area contributed by atoms with Gasteiger partial charge in [0.2, 0.25) is 0 Å². The molecule has 1 heteroatoms. The van der Waals surface area contributed by atoms with Crippen molar-refractivity contribution in [3.63, 3.8) is 0 Å². The summed E-state index contributed by atoms with van der Waals surface area (Å²) in [6, 6.07) is 27.7. The molecule has 0 saturated carbocycles. The van der Waals surface area contributed by atoms with Crippen molar-refractivity contribution in [2.75, 3.05) is 0 Å². The molecule has 3 aromatic carbocycles. The zero-order valence-corrected chi connectivity index (χ0v) is 18.5. The molecule has 0 aromatic heterocycles. The van der Waals surface area contributed by atoms with E-state index in [0.29, 0.717) is 24.5 Å². The normalized spacial score (nSPS) is 15.5. The summed E-state index contributed by atoms with van der Waals surface area (Å²) in [4.78, 5) is 12.8. The van der Waals surface area contributed by atoms with E-state index in [4.69, 9.17) is 0 Å². The van der Waals surface area contributed by atoms with Gasteiger partial charge in [0, 0.05) is 18.8 Å². The highest BCUT2D eigenvalue weighted by Crippen LogP contribution is 2.38. The lowest BCUT2D eigenvalue weighted by atomic mass is 9.83. The highest BCUT2D eigenvalue weighted by atomic mass is 16.1. The number of benzene rings is 3. The second kappa shape index (κ2) is 9.75. The minimum Gasteiger partial charge on any atom is -0.299 e. The van der Waals surface area contributed by atoms with Crippen molar-refractivity contribution < 1.29 is 4.79 Å². The highest BCUT2D eigenvalue weighted by molar-refractivity contribution is 5.82. The Bertz CT molecular complexity index is 1100. The number of hydrogen-bond donors (Lipinski definition) is 0. The summed E-state index contributed by atoms with van der Waals surface area (Å²) in [5.74, 6) is 0.651. The van der Waals surface area contributed by atoms with Crippen LogP contribution in [0.15, 0.2) is 96.6 Å². The maximum absolute atomic E-state index is 12.8. The Labute approximate surface area is 186 Å². The fraction of sp³-hybridized carbons (Fsp3) is 0.233. The first-order valence-corrected chi connectivity index (χ1v) is 11.2. The van der Waals surface area contributed by atoms with Gasteiger partial charge in [-0.1, -0.05) is 102 Å². The third-order valence-corrected chi connectivity index (χ3v) is 6.27. The van der Waals surface area contributed by atoms with E-state index in [0.717, 1.165) is 18.4 Å². The number of hydrogen-bond acceptors (Lipinski definition) is 1. The molecule has 31 heavy (non-hydrogen) atoms. The van der Waals surface area contributed by atoms with Gasteiger partial charge in [0.15, 0.2) is 0 Å². The van der Waals surface area contributed by atoms with Crippen molar-refractivity contribution in [3.05, 3.63) is 124 Å². The smallest absolute Gasteiger partial charge is 0.137 e. The molecule has 0 saturated heterocycles. The summed E-state index contributed by atoms with van der Waals surface area (Å²) in [6.07, 6.45) is 7.43. The summed E-state index contributed by atoms with van der Waals surface area (Å²) in [7, 11) is 0. The molecule has 1 unspecified atom stereocenters. The third-order valence-electron chi connectivity index (χ3n) is 6.27. The molecule has 0 heterocycles. The van der Waals surface area contributed by atoms with Crippen LogP contribution in [0.5, 0.6) is 0 Å². The molecule has 3 aromatic rings. The second-order valence-corrected chi connectivity index (χ2v) is 8.62. The molecule has 1 atom stereocenters. The van der Waals surface area contributed by atoms with Crippen LogP contribution in [0.4, 0.5) is 0 Å². The first-order valence-electron chi connectivity index (χ1n) is 11.2. The average Bonchev–Trinajstić information content (AvgIpc) is 3.18. The van der Waals surface area contributed by atoms with Gasteiger partial charge in [-0.3, -0.25) is 4.79 Å². The number of allylic oxidation sites excluding steroid dienone is 4. The van der Waals surface area contributed by atoms with Gasteiger partial charge >= 0.3 is 0 Å². The van der Waals surface area contributed by atoms with Crippen molar-refractivity contribution >= 4 is 11.4 Å². The van der Waals surface area contributed by atoms with E-state index in [2.05, 4.69) is 105 Å². The first kappa shape index (κ1) is 21.1. The van der Waals surface area contributed by atoms with E-state index >= 15 is 0 Å². The Hall–Kier alpha value is -3.19. The van der Waals surface area contributed by atoms with Crippen molar-refractivity contribution in [1.82, 2.24) is 0 Å². The van der Waals surface area contributed by atoms with E-state index in [-0.39, 0.29) is 0 Å². The van der Waals surface area contributed by atoms with Crippen LogP contribution in [0.2, 0.25) is 0 Å². The summed E-state index contributed by atoms with van der Waals surface area (Å²) < 4.78 is 0. The van der Waals surface area contributed by atoms with Crippen LogP contribution < -0.4 is 0 Å². The second-order valence-electron chi connectivity index (χ2n) is 8.62. The molecule has 1 aliphatic rings. The molecule has 156 valence electrons. The van der Waals surface area contributed by atoms with Crippen molar-refractivity contribution in [3.8, 4) is 0 Å². The Balaban J connectivity index is 1.45. The van der Waals surface area contributed by atoms with Crippen LogP contribution in [0.1, 0.15) is 40.7 Å². The van der Waals surface area contributed by atoms with Gasteiger partial charge in [0.1, 0.15) is 5.78 Å². The average molecular weight is 407 g/mol. The monoisotopic (exact) mass is 406 g/mol. The predicted molar refractivity (Wildman–Crippen MR) is 130 cm³/mol. The summed E-state index contributed by atoms with van der Waals surface area (Å²) in [5, 5.41) is 0. The summed E-state index contributed by atoms with van der Waals surface area (Å²) in [6.45, 7) is 4.19. The first-order chi connectivity index (χ1) is 15.1. The molecule has 4 rings (SSSR count). The summed E-state index contributed by atoms with van der Waals surface area (Å²) >= 11 is 0. The molecule has 0 amide bonds. The lowest BCUT2D eigenvalue weighted by molar-refractivity contribution is -0.118. The largest absolute Gasteiger partial charge is 0.299 e. The van der Waals surface area contributed by atoms with Crippen LogP contribution >= 0.6 is 0 Å². The molecule has 0 bridgehead atoms. The van der Waals surface area contributed by atoms with Crippen molar-refractivity contribution in [2.24, 2.45) is 5.92 Å². The van der Waals surface area contributed by atoms with Gasteiger partial charge in [-0.05, 0) is 54.5 Å². The quantitative estimate of drug-likeness (QED) is 0.391. The minimum absolute atomic E-state index is 0.319. The van der Waals surface area contributed by atoms with Crippen LogP contribution in [0.25, 0.3) is 5.57 Å². The van der Waals surface area contributed by atoms with Gasteiger partial charge < -0.3 is 0 Å². The fourth-order valence-electron chi connectivity index (χ4n) is 4.53. The van der Waals surface area contributed by atoms with E-state index in [1.807, 2.05) is 0 Å². The molecule has 0 radical (unpaired) electrons.